The van der Waals surface area contributed by atoms with Crippen LogP contribution in [0, 0.1) is 0 Å². The fourth-order valence-electron chi connectivity index (χ4n) is 4.46. The van der Waals surface area contributed by atoms with Gasteiger partial charge in [-0.2, -0.15) is 13.2 Å². The van der Waals surface area contributed by atoms with Crippen LogP contribution < -0.4 is 5.32 Å². The molecule has 1 aromatic carbocycles. The fraction of sp³-hybridized carbons (Fsp3) is 0.524. The van der Waals surface area contributed by atoms with Crippen molar-refractivity contribution in [2.75, 3.05) is 32.7 Å². The molecule has 3 heterocycles. The third-order valence-electron chi connectivity index (χ3n) is 5.97. The van der Waals surface area contributed by atoms with Gasteiger partial charge in [-0.3, -0.25) is 9.79 Å². The number of nitrogens with zero attached hydrogens (tertiary/aromatic N) is 2. The molecule has 1 amide bonds. The molecule has 28 heavy (non-hydrogen) atoms. The van der Waals surface area contributed by atoms with Gasteiger partial charge in [-0.1, -0.05) is 18.2 Å². The zero-order chi connectivity index (χ0) is 19.7. The van der Waals surface area contributed by atoms with Crippen molar-refractivity contribution in [3.8, 4) is 0 Å². The monoisotopic (exact) mass is 391 g/mol. The molecule has 0 aliphatic carbocycles. The number of nitrogens with one attached hydrogen (secondary N) is 1. The van der Waals surface area contributed by atoms with E-state index >= 15 is 0 Å². The highest BCUT2D eigenvalue weighted by molar-refractivity contribution is 6.46. The van der Waals surface area contributed by atoms with Crippen LogP contribution in [0.3, 0.4) is 0 Å². The number of hydrogen-bond donors (Lipinski definition) is 1. The van der Waals surface area contributed by atoms with Crippen molar-refractivity contribution in [3.63, 3.8) is 0 Å². The largest absolute Gasteiger partial charge is 0.416 e. The van der Waals surface area contributed by atoms with Crippen LogP contribution in [0.15, 0.2) is 40.4 Å². The first-order valence-corrected chi connectivity index (χ1v) is 9.87. The molecule has 1 fully saturated rings. The van der Waals surface area contributed by atoms with Gasteiger partial charge in [-0.15, -0.1) is 0 Å². The van der Waals surface area contributed by atoms with Crippen LogP contribution in [0.2, 0.25) is 0 Å². The molecule has 3 aliphatic rings. The van der Waals surface area contributed by atoms with Gasteiger partial charge in [0.25, 0.3) is 5.91 Å². The van der Waals surface area contributed by atoms with Crippen molar-refractivity contribution in [2.45, 2.75) is 37.8 Å². The summed E-state index contributed by atoms with van der Waals surface area (Å²) in [4.78, 5) is 19.2. The van der Waals surface area contributed by atoms with Crippen LogP contribution >= 0.6 is 0 Å². The Bertz CT molecular complexity index is 820. The summed E-state index contributed by atoms with van der Waals surface area (Å²) < 4.78 is 39.9. The third-order valence-corrected chi connectivity index (χ3v) is 5.97. The van der Waals surface area contributed by atoms with Crippen LogP contribution in [0.1, 0.15) is 42.7 Å². The first kappa shape index (κ1) is 19.2. The Morgan fingerprint density at radius 1 is 1.18 bits per heavy atom. The van der Waals surface area contributed by atoms with E-state index in [1.165, 1.54) is 11.6 Å². The third kappa shape index (κ3) is 3.72. The Kier molecular flexibility index (Phi) is 5.27. The van der Waals surface area contributed by atoms with Gasteiger partial charge >= 0.3 is 6.18 Å². The van der Waals surface area contributed by atoms with Gasteiger partial charge < -0.3 is 10.2 Å². The minimum absolute atomic E-state index is 0.0729. The highest BCUT2D eigenvalue weighted by Gasteiger charge is 2.37. The molecule has 3 aliphatic heterocycles. The van der Waals surface area contributed by atoms with E-state index in [2.05, 4.69) is 10.3 Å². The molecule has 1 N–H and O–H groups in total. The molecule has 0 radical (unpaired) electrons. The number of benzene rings is 1. The van der Waals surface area contributed by atoms with Gasteiger partial charge in [0.2, 0.25) is 0 Å². The van der Waals surface area contributed by atoms with Crippen LogP contribution in [-0.2, 0) is 11.0 Å². The second-order valence-electron chi connectivity index (χ2n) is 7.68. The Morgan fingerprint density at radius 3 is 2.68 bits per heavy atom. The molecule has 7 heteroatoms. The van der Waals surface area contributed by atoms with Crippen molar-refractivity contribution < 1.29 is 18.0 Å². The molecular weight excluding hydrogens is 367 g/mol. The van der Waals surface area contributed by atoms with Gasteiger partial charge in [-0.05, 0) is 60.9 Å². The molecule has 0 bridgehead atoms. The van der Waals surface area contributed by atoms with Crippen LogP contribution in [-0.4, -0.2) is 49.2 Å². The minimum atomic E-state index is -4.35. The van der Waals surface area contributed by atoms with Crippen molar-refractivity contribution in [1.29, 1.82) is 0 Å². The highest BCUT2D eigenvalue weighted by atomic mass is 19.4. The first-order valence-electron chi connectivity index (χ1n) is 9.87. The van der Waals surface area contributed by atoms with Gasteiger partial charge in [0, 0.05) is 19.6 Å². The van der Waals surface area contributed by atoms with Gasteiger partial charge in [0.15, 0.2) is 0 Å². The van der Waals surface area contributed by atoms with Gasteiger partial charge in [0.05, 0.1) is 12.1 Å². The van der Waals surface area contributed by atoms with Crippen molar-refractivity contribution >= 4 is 11.6 Å². The lowest BCUT2D eigenvalue weighted by atomic mass is 9.86. The topological polar surface area (TPSA) is 44.7 Å². The van der Waals surface area contributed by atoms with Crippen molar-refractivity contribution in [3.05, 3.63) is 46.5 Å². The number of carbonyl (C=O) groups excluding carboxylic acids is 1. The molecule has 150 valence electrons. The van der Waals surface area contributed by atoms with E-state index in [0.717, 1.165) is 31.0 Å². The highest BCUT2D eigenvalue weighted by Crippen LogP contribution is 2.38. The number of likely N-dealkylation sites (tertiary alicyclic amines) is 1. The summed E-state index contributed by atoms with van der Waals surface area (Å²) in [6.45, 7) is 3.15. The van der Waals surface area contributed by atoms with Crippen LogP contribution in [0.25, 0.3) is 0 Å². The summed E-state index contributed by atoms with van der Waals surface area (Å²) >= 11 is 0. The summed E-state index contributed by atoms with van der Waals surface area (Å²) in [5, 5.41) is 3.34. The zero-order valence-electron chi connectivity index (χ0n) is 15.7. The van der Waals surface area contributed by atoms with Crippen molar-refractivity contribution in [2.24, 2.45) is 4.99 Å². The van der Waals surface area contributed by atoms with E-state index in [9.17, 15) is 18.0 Å². The Labute approximate surface area is 162 Å². The molecular formula is C21H24F3N3O. The molecule has 0 spiro atoms. The summed E-state index contributed by atoms with van der Waals surface area (Å²) in [7, 11) is 0. The van der Waals surface area contributed by atoms with E-state index in [0.29, 0.717) is 50.3 Å². The fourth-order valence-corrected chi connectivity index (χ4v) is 4.46. The summed E-state index contributed by atoms with van der Waals surface area (Å²) in [5.41, 5.74) is 2.63. The Balaban J connectivity index is 1.44. The number of amides is 1. The zero-order valence-corrected chi connectivity index (χ0v) is 15.7. The maximum absolute atomic E-state index is 13.3. The maximum Gasteiger partial charge on any atom is 0.416 e. The second-order valence-corrected chi connectivity index (χ2v) is 7.68. The number of halogens is 3. The molecule has 0 unspecified atom stereocenters. The summed E-state index contributed by atoms with van der Waals surface area (Å²) in [6, 6.07) is 5.80. The molecule has 0 saturated carbocycles. The predicted octanol–water partition coefficient (Wildman–Crippen LogP) is 3.55. The molecule has 1 saturated heterocycles. The summed E-state index contributed by atoms with van der Waals surface area (Å²) in [5.74, 6) is -0.252. The number of piperidine rings is 1. The molecule has 0 aromatic heterocycles. The number of aliphatic imine (C=N–C) groups is 1. The quantitative estimate of drug-likeness (QED) is 0.838. The standard InChI is InChI=1S/C21H24F3N3O/c22-21(23,24)18-6-2-1-5-16(18)14-7-10-27(11-8-14)20(28)19-17-13-25-9-3-4-15(17)12-26-19/h1-2,5-6,14,25H,3-4,7-13H2. The average Bonchev–Trinajstić information content (AvgIpc) is 2.95. The lowest BCUT2D eigenvalue weighted by Crippen LogP contribution is -2.42. The maximum atomic E-state index is 13.3. The van der Waals surface area contributed by atoms with Crippen LogP contribution in [0.5, 0.6) is 0 Å². The predicted molar refractivity (Wildman–Crippen MR) is 101 cm³/mol. The van der Waals surface area contributed by atoms with Crippen LogP contribution in [0.4, 0.5) is 13.2 Å². The van der Waals surface area contributed by atoms with Crippen molar-refractivity contribution in [1.82, 2.24) is 10.2 Å². The Hall–Kier alpha value is -2.15. The first-order chi connectivity index (χ1) is 13.4. The number of rotatable bonds is 2. The Morgan fingerprint density at radius 2 is 1.93 bits per heavy atom. The summed E-state index contributed by atoms with van der Waals surface area (Å²) in [6.07, 6.45) is -1.25. The lowest BCUT2D eigenvalue weighted by molar-refractivity contribution is -0.138. The molecule has 4 rings (SSSR count). The number of carbonyl (C=O) groups is 1. The van der Waals surface area contributed by atoms with E-state index < -0.39 is 11.7 Å². The second kappa shape index (κ2) is 7.70. The molecule has 0 atom stereocenters. The van der Waals surface area contributed by atoms with E-state index in [-0.39, 0.29) is 11.8 Å². The van der Waals surface area contributed by atoms with E-state index in [1.54, 1.807) is 17.0 Å². The number of alkyl halides is 3. The van der Waals surface area contributed by atoms with E-state index in [1.807, 2.05) is 0 Å². The normalized spacial score (nSPS) is 21.4. The SMILES string of the molecule is O=C(C1=NCC2=C1CNCCC2)N1CCC(c2ccccc2C(F)(F)F)CC1. The minimum Gasteiger partial charge on any atom is -0.337 e. The van der Waals surface area contributed by atoms with Gasteiger partial charge in [0.1, 0.15) is 5.71 Å². The van der Waals surface area contributed by atoms with Gasteiger partial charge in [-0.25, -0.2) is 0 Å². The molecule has 1 aromatic rings. The number of hydrogen-bond acceptors (Lipinski definition) is 3. The average molecular weight is 391 g/mol. The lowest BCUT2D eigenvalue weighted by Gasteiger charge is -2.33. The smallest absolute Gasteiger partial charge is 0.337 e. The molecule has 4 nitrogen and oxygen atoms in total. The van der Waals surface area contributed by atoms with E-state index in [4.69, 9.17) is 0 Å².